The summed E-state index contributed by atoms with van der Waals surface area (Å²) >= 11 is 0. The summed E-state index contributed by atoms with van der Waals surface area (Å²) < 4.78 is 15.3. The average Bonchev–Trinajstić information content (AvgIpc) is 2.92. The van der Waals surface area contributed by atoms with Gasteiger partial charge < -0.3 is 5.32 Å². The second-order valence-corrected chi connectivity index (χ2v) is 5.92. The zero-order valence-electron chi connectivity index (χ0n) is 14.2. The maximum Gasteiger partial charge on any atom is 0.230 e. The Morgan fingerprint density at radius 3 is 2.48 bits per heavy atom. The number of carbonyl (C=O) groups is 1. The predicted octanol–water partition coefficient (Wildman–Crippen LogP) is 3.26. The van der Waals surface area contributed by atoms with Crippen LogP contribution in [0.1, 0.15) is 22.4 Å². The van der Waals surface area contributed by atoms with Crippen molar-refractivity contribution in [2.75, 3.05) is 5.32 Å². The van der Waals surface area contributed by atoms with Gasteiger partial charge in [-0.25, -0.2) is 9.07 Å². The van der Waals surface area contributed by atoms with Crippen molar-refractivity contribution in [1.29, 1.82) is 0 Å². The molecule has 1 amide bonds. The summed E-state index contributed by atoms with van der Waals surface area (Å²) in [4.78, 5) is 12.3. The maximum absolute atomic E-state index is 13.8. The van der Waals surface area contributed by atoms with Crippen LogP contribution in [0.4, 0.5) is 10.2 Å². The topological polar surface area (TPSA) is 59.8 Å². The van der Waals surface area contributed by atoms with Crippen LogP contribution in [-0.2, 0) is 17.8 Å². The lowest BCUT2D eigenvalue weighted by Crippen LogP contribution is -2.16. The molecule has 5 nitrogen and oxygen atoms in total. The van der Waals surface area contributed by atoms with Gasteiger partial charge in [0, 0.05) is 5.56 Å². The summed E-state index contributed by atoms with van der Waals surface area (Å²) in [6, 6.07) is 14.3. The average molecular weight is 338 g/mol. The van der Waals surface area contributed by atoms with Crippen LogP contribution in [0, 0.1) is 19.7 Å². The van der Waals surface area contributed by atoms with Gasteiger partial charge in [-0.2, -0.15) is 0 Å². The van der Waals surface area contributed by atoms with Crippen molar-refractivity contribution in [3.05, 3.63) is 76.7 Å². The Kier molecular flexibility index (Phi) is 4.88. The lowest BCUT2D eigenvalue weighted by atomic mass is 10.1. The van der Waals surface area contributed by atoms with Gasteiger partial charge in [0.15, 0.2) is 5.82 Å². The lowest BCUT2D eigenvalue weighted by molar-refractivity contribution is -0.115. The molecule has 0 aliphatic rings. The van der Waals surface area contributed by atoms with Gasteiger partial charge in [0.25, 0.3) is 0 Å². The Labute approximate surface area is 145 Å². The van der Waals surface area contributed by atoms with E-state index >= 15 is 0 Å². The Hall–Kier alpha value is -3.02. The van der Waals surface area contributed by atoms with E-state index in [0.717, 1.165) is 11.1 Å². The third-order valence-corrected chi connectivity index (χ3v) is 4.13. The second-order valence-electron chi connectivity index (χ2n) is 5.92. The van der Waals surface area contributed by atoms with Crippen LogP contribution < -0.4 is 5.32 Å². The van der Waals surface area contributed by atoms with Crippen LogP contribution in [0.5, 0.6) is 0 Å². The van der Waals surface area contributed by atoms with Gasteiger partial charge >= 0.3 is 0 Å². The highest BCUT2D eigenvalue weighted by molar-refractivity contribution is 5.91. The van der Waals surface area contributed by atoms with E-state index in [1.807, 2.05) is 31.2 Å². The molecule has 0 unspecified atom stereocenters. The molecule has 1 N–H and O–H groups in total. The van der Waals surface area contributed by atoms with Crippen molar-refractivity contribution in [2.45, 2.75) is 26.8 Å². The zero-order chi connectivity index (χ0) is 17.8. The number of carbonyl (C=O) groups excluding carboxylic acids is 1. The summed E-state index contributed by atoms with van der Waals surface area (Å²) in [5.74, 6) is -0.0483. The zero-order valence-corrected chi connectivity index (χ0v) is 14.2. The smallest absolute Gasteiger partial charge is 0.230 e. The van der Waals surface area contributed by atoms with Crippen LogP contribution in [-0.4, -0.2) is 20.9 Å². The molecule has 0 spiro atoms. The molecule has 25 heavy (non-hydrogen) atoms. The molecule has 0 saturated carbocycles. The van der Waals surface area contributed by atoms with E-state index in [1.165, 1.54) is 6.07 Å². The van der Waals surface area contributed by atoms with Crippen LogP contribution in [0.2, 0.25) is 0 Å². The predicted molar refractivity (Wildman–Crippen MR) is 93.8 cm³/mol. The fraction of sp³-hybridized carbons (Fsp3) is 0.211. The van der Waals surface area contributed by atoms with Gasteiger partial charge in [0.05, 0.1) is 18.7 Å². The molecule has 6 heteroatoms. The first-order valence-electron chi connectivity index (χ1n) is 8.02. The first-order chi connectivity index (χ1) is 12.0. The van der Waals surface area contributed by atoms with E-state index < -0.39 is 0 Å². The minimum atomic E-state index is -0.289. The van der Waals surface area contributed by atoms with Crippen LogP contribution >= 0.6 is 0 Å². The molecule has 3 aromatic rings. The minimum Gasteiger partial charge on any atom is -0.307 e. The fourth-order valence-electron chi connectivity index (χ4n) is 2.57. The summed E-state index contributed by atoms with van der Waals surface area (Å²) in [5.41, 5.74) is 3.24. The quantitative estimate of drug-likeness (QED) is 0.777. The third kappa shape index (κ3) is 3.91. The van der Waals surface area contributed by atoms with E-state index in [4.69, 9.17) is 0 Å². The summed E-state index contributed by atoms with van der Waals surface area (Å²) in [6.07, 6.45) is 0.270. The third-order valence-electron chi connectivity index (χ3n) is 4.13. The van der Waals surface area contributed by atoms with Gasteiger partial charge in [-0.3, -0.25) is 4.79 Å². The molecule has 128 valence electrons. The van der Waals surface area contributed by atoms with Crippen molar-refractivity contribution >= 4 is 11.7 Å². The highest BCUT2D eigenvalue weighted by Crippen LogP contribution is 2.15. The molecule has 0 radical (unpaired) electrons. The fourth-order valence-corrected chi connectivity index (χ4v) is 2.57. The summed E-state index contributed by atoms with van der Waals surface area (Å²) in [7, 11) is 0. The molecular formula is C19H19FN4O. The Morgan fingerprint density at radius 2 is 1.76 bits per heavy atom. The van der Waals surface area contributed by atoms with Gasteiger partial charge in [-0.05, 0) is 31.0 Å². The molecule has 0 aliphatic carbocycles. The molecule has 0 bridgehead atoms. The largest absolute Gasteiger partial charge is 0.307 e. The molecule has 0 aliphatic heterocycles. The number of rotatable bonds is 5. The van der Waals surface area contributed by atoms with Gasteiger partial charge in [0.1, 0.15) is 5.82 Å². The highest BCUT2D eigenvalue weighted by atomic mass is 19.1. The number of benzene rings is 2. The highest BCUT2D eigenvalue weighted by Gasteiger charge is 2.14. The monoisotopic (exact) mass is 338 g/mol. The Bertz CT molecular complexity index is 904. The number of nitrogens with zero attached hydrogens (tertiary/aromatic N) is 3. The number of nitrogens with one attached hydrogen (secondary N) is 1. The van der Waals surface area contributed by atoms with Crippen LogP contribution in [0.3, 0.4) is 0 Å². The summed E-state index contributed by atoms with van der Waals surface area (Å²) in [5, 5.41) is 10.8. The molecule has 1 heterocycles. The number of aromatic nitrogens is 3. The molecule has 3 rings (SSSR count). The first-order valence-corrected chi connectivity index (χ1v) is 8.02. The number of aryl methyl sites for hydroxylation is 1. The van der Waals surface area contributed by atoms with Gasteiger partial charge in [-0.1, -0.05) is 47.7 Å². The van der Waals surface area contributed by atoms with Crippen molar-refractivity contribution in [3.8, 4) is 0 Å². The molecular weight excluding hydrogens is 319 g/mol. The number of anilines is 1. The molecule has 2 aromatic carbocycles. The van der Waals surface area contributed by atoms with E-state index in [0.29, 0.717) is 17.1 Å². The van der Waals surface area contributed by atoms with Crippen molar-refractivity contribution in [1.82, 2.24) is 15.0 Å². The van der Waals surface area contributed by atoms with Crippen molar-refractivity contribution in [3.63, 3.8) is 0 Å². The van der Waals surface area contributed by atoms with Crippen molar-refractivity contribution in [2.24, 2.45) is 0 Å². The van der Waals surface area contributed by atoms with Gasteiger partial charge in [0.2, 0.25) is 5.91 Å². The van der Waals surface area contributed by atoms with Crippen LogP contribution in [0.25, 0.3) is 0 Å². The van der Waals surface area contributed by atoms with Crippen molar-refractivity contribution < 1.29 is 9.18 Å². The second kappa shape index (κ2) is 7.25. The minimum absolute atomic E-state index is 0.157. The number of halogens is 1. The number of hydrogen-bond acceptors (Lipinski definition) is 3. The van der Waals surface area contributed by atoms with E-state index in [9.17, 15) is 9.18 Å². The van der Waals surface area contributed by atoms with E-state index in [1.54, 1.807) is 29.8 Å². The molecule has 0 atom stereocenters. The van der Waals surface area contributed by atoms with Crippen LogP contribution in [0.15, 0.2) is 48.5 Å². The first kappa shape index (κ1) is 16.8. The maximum atomic E-state index is 13.8. The molecule has 1 aromatic heterocycles. The lowest BCUT2D eigenvalue weighted by Gasteiger charge is -2.07. The van der Waals surface area contributed by atoms with E-state index in [-0.39, 0.29) is 24.7 Å². The number of hydrogen-bond donors (Lipinski definition) is 1. The molecule has 0 saturated heterocycles. The Balaban J connectivity index is 1.70. The standard InChI is InChI=1S/C19H19FN4O/c1-13-7-3-4-8-15(13)11-18(25)21-19-14(2)24(23-22-19)12-16-9-5-6-10-17(16)20/h3-10H,11-12H2,1-2H3,(H,21,25). The Morgan fingerprint density at radius 1 is 1.08 bits per heavy atom. The number of amides is 1. The van der Waals surface area contributed by atoms with Gasteiger partial charge in [-0.15, -0.1) is 5.10 Å². The summed E-state index contributed by atoms with van der Waals surface area (Å²) in [6.45, 7) is 4.03. The van der Waals surface area contributed by atoms with E-state index in [2.05, 4.69) is 15.6 Å². The normalized spacial score (nSPS) is 10.7. The SMILES string of the molecule is Cc1ccccc1CC(=O)Nc1nnn(Cc2ccccc2F)c1C. The molecule has 0 fully saturated rings.